The van der Waals surface area contributed by atoms with Crippen LogP contribution in [0.15, 0.2) is 48.5 Å². The highest BCUT2D eigenvalue weighted by Crippen LogP contribution is 2.32. The molecule has 1 saturated carbocycles. The summed E-state index contributed by atoms with van der Waals surface area (Å²) in [5, 5.41) is 7.08. The third-order valence-corrected chi connectivity index (χ3v) is 6.21. The molecular formula is C25H28F3N5O. The number of aromatic nitrogens is 2. The van der Waals surface area contributed by atoms with E-state index >= 15 is 0 Å². The molecule has 1 heterocycles. The summed E-state index contributed by atoms with van der Waals surface area (Å²) in [5.41, 5.74) is 0.218. The van der Waals surface area contributed by atoms with Crippen LogP contribution in [0.5, 0.6) is 0 Å². The number of rotatable bonds is 6. The Hall–Kier alpha value is -3.36. The molecule has 1 aromatic heterocycles. The minimum atomic E-state index is -4.44. The van der Waals surface area contributed by atoms with Crippen LogP contribution < -0.4 is 15.5 Å². The first-order chi connectivity index (χ1) is 16.2. The van der Waals surface area contributed by atoms with Gasteiger partial charge in [0.25, 0.3) is 0 Å². The summed E-state index contributed by atoms with van der Waals surface area (Å²) in [7, 11) is 3.88. The van der Waals surface area contributed by atoms with E-state index in [4.69, 9.17) is 0 Å². The van der Waals surface area contributed by atoms with Gasteiger partial charge in [-0.25, -0.2) is 4.98 Å². The number of carbonyl (C=O) groups is 1. The van der Waals surface area contributed by atoms with Gasteiger partial charge in [0.1, 0.15) is 5.82 Å². The van der Waals surface area contributed by atoms with Crippen molar-refractivity contribution in [3.05, 3.63) is 59.7 Å². The van der Waals surface area contributed by atoms with Crippen LogP contribution in [0, 0.1) is 5.92 Å². The number of carbonyl (C=O) groups excluding carboxylic acids is 1. The quantitative estimate of drug-likeness (QED) is 0.529. The predicted octanol–water partition coefficient (Wildman–Crippen LogP) is 5.00. The second kappa shape index (κ2) is 9.87. The Morgan fingerprint density at radius 3 is 2.38 bits per heavy atom. The molecule has 0 radical (unpaired) electrons. The van der Waals surface area contributed by atoms with E-state index in [1.54, 1.807) is 6.07 Å². The van der Waals surface area contributed by atoms with E-state index in [9.17, 15) is 18.0 Å². The molecule has 2 aromatic carbocycles. The maximum absolute atomic E-state index is 13.2. The average Bonchev–Trinajstić information content (AvgIpc) is 2.82. The molecule has 0 saturated heterocycles. The van der Waals surface area contributed by atoms with Crippen molar-refractivity contribution in [3.8, 4) is 0 Å². The van der Waals surface area contributed by atoms with E-state index in [-0.39, 0.29) is 30.0 Å². The van der Waals surface area contributed by atoms with Crippen LogP contribution in [0.4, 0.5) is 24.9 Å². The van der Waals surface area contributed by atoms with Crippen LogP contribution in [-0.2, 0) is 17.5 Å². The lowest BCUT2D eigenvalue weighted by molar-refractivity contribution is -0.138. The molecule has 2 N–H and O–H groups in total. The number of para-hydroxylation sites is 1. The topological polar surface area (TPSA) is 70.2 Å². The Bertz CT molecular complexity index is 1160. The standard InChI is InChI=1S/C25H28F3N5O/c1-33(2)22-19-8-4-6-10-21(19)31-24(32-22)30-18-13-11-16(12-14-18)23(34)29-15-17-7-3-5-9-20(17)25(26,27)28/h3-10,16,18H,11-15H2,1-2H3,(H,29,34)(H,30,31,32). The summed E-state index contributed by atoms with van der Waals surface area (Å²) >= 11 is 0. The van der Waals surface area contributed by atoms with Gasteiger partial charge >= 0.3 is 6.18 Å². The zero-order valence-electron chi connectivity index (χ0n) is 19.2. The van der Waals surface area contributed by atoms with Gasteiger partial charge in [-0.2, -0.15) is 18.2 Å². The smallest absolute Gasteiger partial charge is 0.362 e. The van der Waals surface area contributed by atoms with Crippen molar-refractivity contribution in [2.45, 2.75) is 44.4 Å². The fourth-order valence-electron chi connectivity index (χ4n) is 4.43. The summed E-state index contributed by atoms with van der Waals surface area (Å²) in [6, 6.07) is 13.3. The molecule has 1 fully saturated rings. The highest BCUT2D eigenvalue weighted by molar-refractivity contribution is 5.90. The summed E-state index contributed by atoms with van der Waals surface area (Å²) in [6.45, 7) is -0.134. The molecule has 0 atom stereocenters. The molecule has 4 rings (SSSR count). The van der Waals surface area contributed by atoms with E-state index in [2.05, 4.69) is 20.6 Å². The van der Waals surface area contributed by atoms with E-state index in [0.29, 0.717) is 18.8 Å². The fourth-order valence-corrected chi connectivity index (χ4v) is 4.43. The van der Waals surface area contributed by atoms with Gasteiger partial charge in [0, 0.05) is 38.0 Å². The van der Waals surface area contributed by atoms with Gasteiger partial charge in [0.2, 0.25) is 11.9 Å². The molecule has 0 bridgehead atoms. The van der Waals surface area contributed by atoms with Gasteiger partial charge in [-0.3, -0.25) is 4.79 Å². The molecule has 1 aliphatic rings. The molecule has 1 amide bonds. The number of fused-ring (bicyclic) bond motifs is 1. The van der Waals surface area contributed by atoms with Crippen molar-refractivity contribution < 1.29 is 18.0 Å². The number of anilines is 2. The van der Waals surface area contributed by atoms with Crippen molar-refractivity contribution in [1.29, 1.82) is 0 Å². The van der Waals surface area contributed by atoms with E-state index in [1.165, 1.54) is 12.1 Å². The molecule has 0 unspecified atom stereocenters. The monoisotopic (exact) mass is 471 g/mol. The number of alkyl halides is 3. The lowest BCUT2D eigenvalue weighted by atomic mass is 9.85. The lowest BCUT2D eigenvalue weighted by Crippen LogP contribution is -2.36. The van der Waals surface area contributed by atoms with Crippen molar-refractivity contribution in [1.82, 2.24) is 15.3 Å². The molecule has 180 valence electrons. The number of amides is 1. The highest BCUT2D eigenvalue weighted by atomic mass is 19.4. The summed E-state index contributed by atoms with van der Waals surface area (Å²) in [4.78, 5) is 23.9. The van der Waals surface area contributed by atoms with Crippen molar-refractivity contribution in [2.75, 3.05) is 24.3 Å². The minimum Gasteiger partial charge on any atom is -0.362 e. The third-order valence-electron chi connectivity index (χ3n) is 6.21. The molecular weight excluding hydrogens is 443 g/mol. The maximum Gasteiger partial charge on any atom is 0.416 e. The fraction of sp³-hybridized carbons (Fsp3) is 0.400. The van der Waals surface area contributed by atoms with E-state index < -0.39 is 11.7 Å². The maximum atomic E-state index is 13.2. The first-order valence-corrected chi connectivity index (χ1v) is 11.4. The van der Waals surface area contributed by atoms with Gasteiger partial charge < -0.3 is 15.5 Å². The summed E-state index contributed by atoms with van der Waals surface area (Å²) < 4.78 is 39.5. The lowest BCUT2D eigenvalue weighted by Gasteiger charge is -2.29. The van der Waals surface area contributed by atoms with Crippen LogP contribution in [0.2, 0.25) is 0 Å². The van der Waals surface area contributed by atoms with Crippen LogP contribution >= 0.6 is 0 Å². The van der Waals surface area contributed by atoms with Gasteiger partial charge in [0.05, 0.1) is 11.1 Å². The SMILES string of the molecule is CN(C)c1nc(NC2CCC(C(=O)NCc3ccccc3C(F)(F)F)CC2)nc2ccccc12. The normalized spacial score (nSPS) is 18.5. The van der Waals surface area contributed by atoms with Crippen LogP contribution in [0.25, 0.3) is 10.9 Å². The van der Waals surface area contributed by atoms with Crippen molar-refractivity contribution in [2.24, 2.45) is 5.92 Å². The van der Waals surface area contributed by atoms with Gasteiger partial charge in [0.15, 0.2) is 0 Å². The van der Waals surface area contributed by atoms with Gasteiger partial charge in [-0.15, -0.1) is 0 Å². The Morgan fingerprint density at radius 2 is 1.68 bits per heavy atom. The Balaban J connectivity index is 1.34. The first-order valence-electron chi connectivity index (χ1n) is 11.4. The Labute approximate surface area is 196 Å². The first kappa shape index (κ1) is 23.8. The highest BCUT2D eigenvalue weighted by Gasteiger charge is 2.33. The number of nitrogens with one attached hydrogen (secondary N) is 2. The number of benzene rings is 2. The molecule has 3 aromatic rings. The molecule has 6 nitrogen and oxygen atoms in total. The Morgan fingerprint density at radius 1 is 1.00 bits per heavy atom. The predicted molar refractivity (Wildman–Crippen MR) is 127 cm³/mol. The third kappa shape index (κ3) is 5.40. The van der Waals surface area contributed by atoms with Crippen molar-refractivity contribution in [3.63, 3.8) is 0 Å². The number of hydrogen-bond acceptors (Lipinski definition) is 5. The average molecular weight is 472 g/mol. The molecule has 34 heavy (non-hydrogen) atoms. The Kier molecular flexibility index (Phi) is 6.90. The number of nitrogens with zero attached hydrogens (tertiary/aromatic N) is 3. The van der Waals surface area contributed by atoms with Crippen molar-refractivity contribution >= 4 is 28.6 Å². The number of halogens is 3. The zero-order chi connectivity index (χ0) is 24.3. The van der Waals surface area contributed by atoms with Crippen LogP contribution in [0.1, 0.15) is 36.8 Å². The summed E-state index contributed by atoms with van der Waals surface area (Å²) in [6.07, 6.45) is -1.63. The molecule has 1 aliphatic carbocycles. The van der Waals surface area contributed by atoms with Gasteiger partial charge in [-0.05, 0) is 49.4 Å². The molecule has 9 heteroatoms. The second-order valence-corrected chi connectivity index (χ2v) is 8.85. The number of hydrogen-bond donors (Lipinski definition) is 2. The van der Waals surface area contributed by atoms with Gasteiger partial charge in [-0.1, -0.05) is 30.3 Å². The molecule has 0 aliphatic heterocycles. The second-order valence-electron chi connectivity index (χ2n) is 8.85. The summed E-state index contributed by atoms with van der Waals surface area (Å²) in [5.74, 6) is 0.970. The van der Waals surface area contributed by atoms with E-state index in [0.717, 1.165) is 35.6 Å². The van der Waals surface area contributed by atoms with Crippen LogP contribution in [-0.4, -0.2) is 36.0 Å². The van der Waals surface area contributed by atoms with E-state index in [1.807, 2.05) is 43.3 Å². The zero-order valence-corrected chi connectivity index (χ0v) is 19.2. The minimum absolute atomic E-state index is 0.0730. The van der Waals surface area contributed by atoms with Crippen LogP contribution in [0.3, 0.4) is 0 Å². The molecule has 0 spiro atoms. The largest absolute Gasteiger partial charge is 0.416 e.